The maximum Gasteiger partial charge on any atom is 0.397 e. The predicted molar refractivity (Wildman–Crippen MR) is 144 cm³/mol. The minimum Gasteiger partial charge on any atom is -0.389 e. The Balaban J connectivity index is 1.40. The van der Waals surface area contributed by atoms with Gasteiger partial charge in [-0.15, -0.1) is 0 Å². The summed E-state index contributed by atoms with van der Waals surface area (Å²) in [6, 6.07) is 0. The fourth-order valence-electron chi connectivity index (χ4n) is 9.61. The van der Waals surface area contributed by atoms with Crippen LogP contribution in [0.5, 0.6) is 0 Å². The van der Waals surface area contributed by atoms with Crippen molar-refractivity contribution in [2.75, 3.05) is 7.11 Å². The van der Waals surface area contributed by atoms with E-state index >= 15 is 0 Å². The Bertz CT molecular complexity index is 1180. The molecular weight excluding hydrogens is 540 g/mol. The normalized spacial score (nSPS) is 51.9. The number of allylic oxidation sites excluding steroid dienone is 1. The van der Waals surface area contributed by atoms with Gasteiger partial charge in [0.1, 0.15) is 17.0 Å². The molecule has 3 saturated carbocycles. The number of ether oxygens (including phenoxy) is 2. The summed E-state index contributed by atoms with van der Waals surface area (Å²) < 4.78 is 48.2. The molecule has 0 radical (unpaired) electrons. The van der Waals surface area contributed by atoms with Crippen LogP contribution in [0.4, 0.5) is 0 Å². The summed E-state index contributed by atoms with van der Waals surface area (Å²) in [5.41, 5.74) is -4.03. The Labute approximate surface area is 237 Å². The zero-order valence-corrected chi connectivity index (χ0v) is 25.2. The fourth-order valence-corrected chi connectivity index (χ4v) is 10.1. The molecule has 4 fully saturated rings. The second kappa shape index (κ2) is 9.54. The lowest BCUT2D eigenvalue weighted by Crippen LogP contribution is -2.67. The first kappa shape index (κ1) is 30.5. The maximum atomic E-state index is 13.6. The first-order valence-electron chi connectivity index (χ1n) is 14.6. The minimum atomic E-state index is -4.65. The quantitative estimate of drug-likeness (QED) is 0.279. The van der Waals surface area contributed by atoms with Crippen LogP contribution in [-0.4, -0.2) is 76.5 Å². The summed E-state index contributed by atoms with van der Waals surface area (Å²) in [4.78, 5) is 13.6. The molecule has 0 aromatic carbocycles. The number of ketones is 1. The summed E-state index contributed by atoms with van der Waals surface area (Å²) in [6.45, 7) is 9.35. The molecule has 0 bridgehead atoms. The van der Waals surface area contributed by atoms with Crippen molar-refractivity contribution in [3.05, 3.63) is 11.6 Å². The van der Waals surface area contributed by atoms with Crippen LogP contribution in [0.2, 0.25) is 0 Å². The van der Waals surface area contributed by atoms with Crippen molar-refractivity contribution in [3.8, 4) is 0 Å². The third-order valence-electron chi connectivity index (χ3n) is 12.6. The average molecular weight is 587 g/mol. The zero-order valence-electron chi connectivity index (χ0n) is 24.4. The van der Waals surface area contributed by atoms with Crippen molar-refractivity contribution in [2.45, 2.75) is 121 Å². The first-order chi connectivity index (χ1) is 18.3. The minimum absolute atomic E-state index is 0.0610. The smallest absolute Gasteiger partial charge is 0.389 e. The van der Waals surface area contributed by atoms with Gasteiger partial charge in [0.2, 0.25) is 0 Å². The van der Waals surface area contributed by atoms with Gasteiger partial charge in [-0.3, -0.25) is 9.35 Å². The third kappa shape index (κ3) is 4.21. The van der Waals surface area contributed by atoms with E-state index < -0.39 is 56.5 Å². The number of carbonyl (C=O) groups excluding carboxylic acids is 1. The lowest BCUT2D eigenvalue weighted by Gasteiger charge is -2.60. The van der Waals surface area contributed by atoms with Crippen LogP contribution in [0.1, 0.15) is 86.0 Å². The number of fused-ring (bicyclic) bond motifs is 5. The van der Waals surface area contributed by atoms with E-state index in [1.165, 1.54) is 14.0 Å². The van der Waals surface area contributed by atoms with Crippen molar-refractivity contribution >= 4 is 16.2 Å². The third-order valence-corrected chi connectivity index (χ3v) is 13.1. The second-order valence-corrected chi connectivity index (χ2v) is 15.1. The van der Waals surface area contributed by atoms with Crippen LogP contribution >= 0.6 is 0 Å². The Morgan fingerprint density at radius 1 is 1.07 bits per heavy atom. The highest BCUT2D eigenvalue weighted by atomic mass is 32.3. The summed E-state index contributed by atoms with van der Waals surface area (Å²) in [6.07, 6.45) is 3.28. The number of hydrogen-bond donors (Lipinski definition) is 4. The predicted octanol–water partition coefficient (Wildman–Crippen LogP) is 2.95. The van der Waals surface area contributed by atoms with Gasteiger partial charge < -0.3 is 24.8 Å². The van der Waals surface area contributed by atoms with E-state index in [4.69, 9.17) is 18.2 Å². The molecule has 5 aliphatic rings. The van der Waals surface area contributed by atoms with Crippen LogP contribution in [0.15, 0.2) is 11.6 Å². The molecule has 0 aromatic heterocycles. The molecule has 12 atom stereocenters. The topological polar surface area (TPSA) is 160 Å². The van der Waals surface area contributed by atoms with Gasteiger partial charge in [-0.2, -0.15) is 8.42 Å². The highest BCUT2D eigenvalue weighted by Crippen LogP contribution is 2.68. The number of Topliss-reactive ketones (excluding diaryl/α,β-unsaturated/α-hetero) is 1. The van der Waals surface area contributed by atoms with E-state index in [2.05, 4.69) is 13.0 Å². The molecule has 10 nitrogen and oxygen atoms in total. The van der Waals surface area contributed by atoms with Crippen molar-refractivity contribution in [3.63, 3.8) is 0 Å². The average Bonchev–Trinajstić information content (AvgIpc) is 3.13. The first-order valence-corrected chi connectivity index (χ1v) is 15.9. The fraction of sp³-hybridized carbons (Fsp3) is 0.897. The summed E-state index contributed by atoms with van der Waals surface area (Å²) >= 11 is 0. The van der Waals surface area contributed by atoms with Gasteiger partial charge in [-0.05, 0) is 82.5 Å². The molecular formula is C29H46O10S. The SMILES string of the molecule is CO[C@]1(C)C[C@H]([C@@H](C)[C@@]2(O)CC[C@H]3[C@@H]4CC=C5C[C@@H](OS(=O)(=O)O)CC(=O)[C@]5(C)[C@H]4CC[C@@]32C)O[C@@H](O)[C@@]1(C)O. The van der Waals surface area contributed by atoms with Gasteiger partial charge in [-0.1, -0.05) is 25.5 Å². The van der Waals surface area contributed by atoms with Crippen molar-refractivity contribution < 1.29 is 46.7 Å². The molecule has 1 saturated heterocycles. The maximum absolute atomic E-state index is 13.6. The Morgan fingerprint density at radius 3 is 2.35 bits per heavy atom. The molecule has 4 N–H and O–H groups in total. The highest BCUT2D eigenvalue weighted by molar-refractivity contribution is 7.80. The summed E-state index contributed by atoms with van der Waals surface area (Å²) in [7, 11) is -3.15. The Kier molecular flexibility index (Phi) is 7.28. The zero-order chi connectivity index (χ0) is 29.7. The molecule has 0 spiro atoms. The van der Waals surface area contributed by atoms with Crippen LogP contribution in [0.25, 0.3) is 0 Å². The summed E-state index contributed by atoms with van der Waals surface area (Å²) in [5.74, 6) is 0.00762. The monoisotopic (exact) mass is 586 g/mol. The van der Waals surface area contributed by atoms with E-state index in [-0.39, 0.29) is 42.3 Å². The lowest BCUT2D eigenvalue weighted by molar-refractivity contribution is -0.338. The van der Waals surface area contributed by atoms with Gasteiger partial charge in [-0.25, -0.2) is 4.18 Å². The van der Waals surface area contributed by atoms with Crippen LogP contribution in [0.3, 0.4) is 0 Å². The number of rotatable bonds is 5. The van der Waals surface area contributed by atoms with E-state index in [9.17, 15) is 28.5 Å². The van der Waals surface area contributed by atoms with Crippen LogP contribution in [-0.2, 0) is 28.9 Å². The molecule has 4 aliphatic carbocycles. The summed E-state index contributed by atoms with van der Waals surface area (Å²) in [5, 5.41) is 34.1. The molecule has 1 heterocycles. The molecule has 1 aliphatic heterocycles. The molecule has 40 heavy (non-hydrogen) atoms. The Hall–Kier alpha value is -0.920. The standard InChI is InChI=1S/C29H46O10S/c1-16(22-15-26(3,37-6)28(5,32)24(31)38-22)29(33)12-10-20-19-8-7-17-13-18(39-40(34,35)36)14-23(30)27(17,4)21(19)9-11-25(20,29)2/h7,16,18-22,24,31-33H,8-15H2,1-6H3,(H,34,35,36)/t16-,18-,19+,20+,21+,22-,24-,25+,26-,27+,28-,29+/m1/s1. The van der Waals surface area contributed by atoms with Crippen molar-refractivity contribution in [1.82, 2.24) is 0 Å². The Morgan fingerprint density at radius 2 is 1.73 bits per heavy atom. The lowest BCUT2D eigenvalue weighted by atomic mass is 9.46. The molecule has 0 aromatic rings. The van der Waals surface area contributed by atoms with Gasteiger partial charge in [0, 0.05) is 25.9 Å². The molecule has 0 unspecified atom stereocenters. The van der Waals surface area contributed by atoms with E-state index in [0.717, 1.165) is 31.3 Å². The van der Waals surface area contributed by atoms with E-state index in [1.54, 1.807) is 6.92 Å². The number of methoxy groups -OCH3 is 1. The number of aliphatic hydroxyl groups excluding tert-OH is 1. The van der Waals surface area contributed by atoms with E-state index in [0.29, 0.717) is 12.8 Å². The van der Waals surface area contributed by atoms with Crippen molar-refractivity contribution in [2.24, 2.45) is 34.5 Å². The number of aliphatic hydroxyl groups is 3. The van der Waals surface area contributed by atoms with Crippen LogP contribution in [0, 0.1) is 34.5 Å². The van der Waals surface area contributed by atoms with E-state index in [1.807, 2.05) is 13.8 Å². The molecule has 5 rings (SSSR count). The number of carbonyl (C=O) groups is 1. The number of hydrogen-bond acceptors (Lipinski definition) is 9. The van der Waals surface area contributed by atoms with Gasteiger partial charge in [0.05, 0.1) is 23.2 Å². The van der Waals surface area contributed by atoms with Gasteiger partial charge in [0.25, 0.3) is 0 Å². The molecule has 228 valence electrons. The largest absolute Gasteiger partial charge is 0.397 e. The van der Waals surface area contributed by atoms with Crippen molar-refractivity contribution in [1.29, 1.82) is 0 Å². The second-order valence-electron chi connectivity index (χ2n) is 14.0. The highest BCUT2D eigenvalue weighted by Gasteiger charge is 2.68. The molecule has 0 amide bonds. The molecule has 11 heteroatoms. The van der Waals surface area contributed by atoms with Gasteiger partial charge in [0.15, 0.2) is 6.29 Å². The van der Waals surface area contributed by atoms with Crippen LogP contribution < -0.4 is 0 Å². The van der Waals surface area contributed by atoms with Gasteiger partial charge >= 0.3 is 10.4 Å².